The summed E-state index contributed by atoms with van der Waals surface area (Å²) < 4.78 is 0.211. The van der Waals surface area contributed by atoms with Gasteiger partial charge in [0, 0.05) is 29.7 Å². The summed E-state index contributed by atoms with van der Waals surface area (Å²) >= 11 is 1.91. The maximum absolute atomic E-state index is 11.3. The van der Waals surface area contributed by atoms with E-state index in [0.29, 0.717) is 11.3 Å². The maximum Gasteiger partial charge on any atom is 0.292 e. The average molecular weight is 310 g/mol. The smallest absolute Gasteiger partial charge is 0.292 e. The second-order valence-corrected chi connectivity index (χ2v) is 7.83. The van der Waals surface area contributed by atoms with Crippen molar-refractivity contribution < 1.29 is 10.0 Å². The zero-order valence-electron chi connectivity index (χ0n) is 12.7. The highest BCUT2D eigenvalue weighted by Crippen LogP contribution is 2.36. The van der Waals surface area contributed by atoms with E-state index in [1.807, 2.05) is 11.8 Å². The number of nitro benzene ring substituents is 1. The van der Waals surface area contributed by atoms with Gasteiger partial charge in [-0.25, -0.2) is 0 Å². The first kappa shape index (κ1) is 16.1. The van der Waals surface area contributed by atoms with Gasteiger partial charge in [0.05, 0.1) is 11.0 Å². The van der Waals surface area contributed by atoms with E-state index in [1.165, 1.54) is 6.07 Å². The lowest BCUT2D eigenvalue weighted by molar-refractivity contribution is -0.384. The molecule has 116 valence electrons. The van der Waals surface area contributed by atoms with E-state index in [2.05, 4.69) is 18.7 Å². The Morgan fingerprint density at radius 2 is 2.14 bits per heavy atom. The van der Waals surface area contributed by atoms with Crippen LogP contribution in [0.4, 0.5) is 11.4 Å². The van der Waals surface area contributed by atoms with E-state index in [0.717, 1.165) is 25.3 Å². The Kier molecular flexibility index (Phi) is 4.78. The highest BCUT2D eigenvalue weighted by Gasteiger charge is 2.27. The Hall–Kier alpha value is -1.27. The van der Waals surface area contributed by atoms with Crippen molar-refractivity contribution in [2.45, 2.75) is 38.0 Å². The lowest BCUT2D eigenvalue weighted by Crippen LogP contribution is -2.27. The van der Waals surface area contributed by atoms with Crippen LogP contribution < -0.4 is 4.90 Å². The van der Waals surface area contributed by atoms with Crippen LogP contribution in [0.3, 0.4) is 0 Å². The molecule has 0 unspecified atom stereocenters. The Balaban J connectivity index is 2.32. The van der Waals surface area contributed by atoms with Crippen molar-refractivity contribution >= 4 is 23.1 Å². The SMILES string of the molecule is C[C@@H](O)c1ccc(N2CCSC(C)(C)CC2)c([N+](=O)[O-])c1. The van der Waals surface area contributed by atoms with E-state index in [9.17, 15) is 15.2 Å². The highest BCUT2D eigenvalue weighted by atomic mass is 32.2. The molecule has 1 fully saturated rings. The Morgan fingerprint density at radius 3 is 2.76 bits per heavy atom. The van der Waals surface area contributed by atoms with E-state index in [4.69, 9.17) is 0 Å². The number of hydrogen-bond donors (Lipinski definition) is 1. The molecule has 0 amide bonds. The molecule has 1 aliphatic heterocycles. The number of hydrogen-bond acceptors (Lipinski definition) is 5. The molecule has 0 radical (unpaired) electrons. The van der Waals surface area contributed by atoms with E-state index < -0.39 is 6.10 Å². The number of anilines is 1. The number of aliphatic hydroxyl groups excluding tert-OH is 1. The summed E-state index contributed by atoms with van der Waals surface area (Å²) in [6.45, 7) is 7.67. The van der Waals surface area contributed by atoms with Gasteiger partial charge < -0.3 is 10.0 Å². The molecular formula is C15H22N2O3S. The Morgan fingerprint density at radius 1 is 1.43 bits per heavy atom. The van der Waals surface area contributed by atoms with Crippen molar-refractivity contribution in [1.82, 2.24) is 0 Å². The summed E-state index contributed by atoms with van der Waals surface area (Å²) in [5.41, 5.74) is 1.32. The zero-order valence-corrected chi connectivity index (χ0v) is 13.5. The molecule has 1 N–H and O–H groups in total. The standard InChI is InChI=1S/C15H22N2O3S/c1-11(18)12-4-5-13(14(10-12)17(19)20)16-7-6-15(2,3)21-9-8-16/h4-5,10-11,18H,6-9H2,1-3H3/t11-/m1/s1. The molecule has 1 aromatic rings. The topological polar surface area (TPSA) is 66.6 Å². The van der Waals surface area contributed by atoms with Crippen molar-refractivity contribution in [1.29, 1.82) is 0 Å². The molecule has 1 aromatic carbocycles. The fourth-order valence-corrected chi connectivity index (χ4v) is 3.58. The van der Waals surface area contributed by atoms with Gasteiger partial charge in [-0.05, 0) is 25.0 Å². The second kappa shape index (κ2) is 6.23. The molecule has 0 aromatic heterocycles. The number of nitrogens with zero attached hydrogens (tertiary/aromatic N) is 2. The Labute approximate surface area is 129 Å². The number of benzene rings is 1. The average Bonchev–Trinajstić information content (AvgIpc) is 2.59. The first-order valence-corrected chi connectivity index (χ1v) is 8.14. The number of thioether (sulfide) groups is 1. The van der Waals surface area contributed by atoms with Crippen molar-refractivity contribution in [2.75, 3.05) is 23.7 Å². The summed E-state index contributed by atoms with van der Waals surface area (Å²) in [6, 6.07) is 5.03. The van der Waals surface area contributed by atoms with Crippen LogP contribution in [0.1, 0.15) is 38.9 Å². The van der Waals surface area contributed by atoms with E-state index in [-0.39, 0.29) is 15.4 Å². The third-order valence-corrected chi connectivity index (χ3v) is 5.23. The molecule has 2 rings (SSSR count). The van der Waals surface area contributed by atoms with Gasteiger partial charge in [0.15, 0.2) is 0 Å². The predicted molar refractivity (Wildman–Crippen MR) is 87.1 cm³/mol. The molecule has 21 heavy (non-hydrogen) atoms. The van der Waals surface area contributed by atoms with E-state index >= 15 is 0 Å². The quantitative estimate of drug-likeness (QED) is 0.685. The summed E-state index contributed by atoms with van der Waals surface area (Å²) in [6.07, 6.45) is 0.295. The summed E-state index contributed by atoms with van der Waals surface area (Å²) in [7, 11) is 0. The fraction of sp³-hybridized carbons (Fsp3) is 0.600. The van der Waals surface area contributed by atoms with Gasteiger partial charge in [0.25, 0.3) is 5.69 Å². The maximum atomic E-state index is 11.3. The molecule has 0 bridgehead atoms. The molecule has 1 heterocycles. The van der Waals surface area contributed by atoms with Crippen molar-refractivity contribution in [3.8, 4) is 0 Å². The highest BCUT2D eigenvalue weighted by molar-refractivity contribution is 8.00. The van der Waals surface area contributed by atoms with Crippen LogP contribution >= 0.6 is 11.8 Å². The summed E-state index contributed by atoms with van der Waals surface area (Å²) in [4.78, 5) is 13.1. The number of nitro groups is 1. The molecule has 0 saturated carbocycles. The van der Waals surface area contributed by atoms with Gasteiger partial charge in [-0.1, -0.05) is 19.9 Å². The molecule has 1 aliphatic rings. The first-order valence-electron chi connectivity index (χ1n) is 7.15. The van der Waals surface area contributed by atoms with Gasteiger partial charge in [0.2, 0.25) is 0 Å². The van der Waals surface area contributed by atoms with Crippen LogP contribution in [0.5, 0.6) is 0 Å². The van der Waals surface area contributed by atoms with Gasteiger partial charge in [-0.2, -0.15) is 11.8 Å². The first-order chi connectivity index (χ1) is 9.80. The molecular weight excluding hydrogens is 288 g/mol. The van der Waals surface area contributed by atoms with Gasteiger partial charge in [-0.15, -0.1) is 0 Å². The van der Waals surface area contributed by atoms with Gasteiger partial charge >= 0.3 is 0 Å². The molecule has 0 spiro atoms. The van der Waals surface area contributed by atoms with E-state index in [1.54, 1.807) is 19.1 Å². The van der Waals surface area contributed by atoms with Crippen LogP contribution in [0.2, 0.25) is 0 Å². The van der Waals surface area contributed by atoms with Crippen LogP contribution in [-0.4, -0.2) is 33.6 Å². The second-order valence-electron chi connectivity index (χ2n) is 6.03. The van der Waals surface area contributed by atoms with Crippen LogP contribution in [-0.2, 0) is 0 Å². The summed E-state index contributed by atoms with van der Waals surface area (Å²) in [5, 5.41) is 20.9. The minimum Gasteiger partial charge on any atom is -0.389 e. The monoisotopic (exact) mass is 310 g/mol. The molecule has 0 aliphatic carbocycles. The van der Waals surface area contributed by atoms with Gasteiger partial charge in [0.1, 0.15) is 5.69 Å². The molecule has 1 saturated heterocycles. The molecule has 1 atom stereocenters. The third kappa shape index (κ3) is 3.89. The Bertz CT molecular complexity index is 532. The summed E-state index contributed by atoms with van der Waals surface area (Å²) in [5.74, 6) is 0.961. The lowest BCUT2D eigenvalue weighted by Gasteiger charge is -2.24. The number of aliphatic hydroxyl groups is 1. The van der Waals surface area contributed by atoms with Crippen molar-refractivity contribution in [3.63, 3.8) is 0 Å². The minimum atomic E-state index is -0.698. The largest absolute Gasteiger partial charge is 0.389 e. The normalized spacial score (nSPS) is 19.9. The fourth-order valence-electron chi connectivity index (χ4n) is 2.48. The van der Waals surface area contributed by atoms with Gasteiger partial charge in [-0.3, -0.25) is 10.1 Å². The predicted octanol–water partition coefficient (Wildman–Crippen LogP) is 3.37. The number of rotatable bonds is 3. The van der Waals surface area contributed by atoms with Crippen LogP contribution in [0.25, 0.3) is 0 Å². The third-order valence-electron chi connectivity index (χ3n) is 3.86. The molecule has 6 heteroatoms. The minimum absolute atomic E-state index is 0.0816. The zero-order chi connectivity index (χ0) is 15.6. The van der Waals surface area contributed by atoms with Crippen LogP contribution in [0.15, 0.2) is 18.2 Å². The van der Waals surface area contributed by atoms with Crippen molar-refractivity contribution in [2.24, 2.45) is 0 Å². The lowest BCUT2D eigenvalue weighted by atomic mass is 10.1. The molecule has 5 nitrogen and oxygen atoms in total. The van der Waals surface area contributed by atoms with Crippen LogP contribution in [0, 0.1) is 10.1 Å². The van der Waals surface area contributed by atoms with Crippen molar-refractivity contribution in [3.05, 3.63) is 33.9 Å².